The van der Waals surface area contributed by atoms with Crippen molar-refractivity contribution in [1.29, 1.82) is 0 Å². The first-order valence-electron chi connectivity index (χ1n) is 6.63. The first-order chi connectivity index (χ1) is 10.1. The maximum absolute atomic E-state index is 12.4. The average molecular weight is 321 g/mol. The van der Waals surface area contributed by atoms with Crippen molar-refractivity contribution >= 4 is 40.3 Å². The van der Waals surface area contributed by atoms with E-state index in [0.29, 0.717) is 26.8 Å². The molecule has 0 bridgehead atoms. The van der Waals surface area contributed by atoms with Gasteiger partial charge in [0.1, 0.15) is 4.32 Å². The molecular weight excluding hydrogens is 306 g/mol. The number of carbonyl (C=O) groups excluding carboxylic acids is 1. The lowest BCUT2D eigenvalue weighted by atomic mass is 10.2. The predicted octanol–water partition coefficient (Wildman–Crippen LogP) is 3.07. The molecule has 1 saturated carbocycles. The minimum Gasteiger partial charge on any atom is -0.493 e. The van der Waals surface area contributed by atoms with Gasteiger partial charge >= 0.3 is 0 Å². The van der Waals surface area contributed by atoms with Crippen molar-refractivity contribution in [3.05, 3.63) is 28.7 Å². The molecule has 0 unspecified atom stereocenters. The molecule has 1 aromatic carbocycles. The lowest BCUT2D eigenvalue weighted by Crippen LogP contribution is -2.30. The Kier molecular flexibility index (Phi) is 3.91. The van der Waals surface area contributed by atoms with E-state index in [-0.39, 0.29) is 5.91 Å². The Morgan fingerprint density at radius 3 is 2.62 bits per heavy atom. The number of carbonyl (C=O) groups is 1. The molecule has 0 atom stereocenters. The van der Waals surface area contributed by atoms with E-state index >= 15 is 0 Å². The van der Waals surface area contributed by atoms with E-state index in [2.05, 4.69) is 0 Å². The topological polar surface area (TPSA) is 38.8 Å². The normalized spacial score (nSPS) is 20.3. The van der Waals surface area contributed by atoms with E-state index in [4.69, 9.17) is 21.7 Å². The number of hydrogen-bond donors (Lipinski definition) is 0. The molecule has 2 fully saturated rings. The summed E-state index contributed by atoms with van der Waals surface area (Å²) in [6.07, 6.45) is 3.95. The quantitative estimate of drug-likeness (QED) is 0.629. The number of ether oxygens (including phenoxy) is 2. The molecule has 0 N–H and O–H groups in total. The van der Waals surface area contributed by atoms with Crippen LogP contribution in [0.25, 0.3) is 6.08 Å². The third-order valence-electron chi connectivity index (χ3n) is 3.44. The molecule has 1 saturated heterocycles. The molecule has 0 radical (unpaired) electrons. The predicted molar refractivity (Wildman–Crippen MR) is 87.6 cm³/mol. The van der Waals surface area contributed by atoms with Crippen LogP contribution in [0.2, 0.25) is 0 Å². The summed E-state index contributed by atoms with van der Waals surface area (Å²) in [7, 11) is 3.19. The number of benzene rings is 1. The van der Waals surface area contributed by atoms with Crippen LogP contribution in [0.1, 0.15) is 18.4 Å². The standard InChI is InChI=1S/C15H15NO3S2/c1-18-11-6-3-9(7-12(11)19-2)8-13-14(17)16(10-4-5-10)15(20)21-13/h3,6-8,10H,4-5H2,1-2H3/b13-8+. The monoisotopic (exact) mass is 321 g/mol. The number of amides is 1. The van der Waals surface area contributed by atoms with Crippen molar-refractivity contribution in [2.45, 2.75) is 18.9 Å². The number of nitrogens with zero attached hydrogens (tertiary/aromatic N) is 1. The summed E-state index contributed by atoms with van der Waals surface area (Å²) in [5.74, 6) is 1.33. The van der Waals surface area contributed by atoms with Gasteiger partial charge in [-0.2, -0.15) is 0 Å². The van der Waals surface area contributed by atoms with Crippen LogP contribution in [0.5, 0.6) is 11.5 Å². The average Bonchev–Trinajstić information content (AvgIpc) is 3.27. The number of thioether (sulfide) groups is 1. The molecule has 110 valence electrons. The van der Waals surface area contributed by atoms with Gasteiger partial charge in [-0.05, 0) is 36.6 Å². The van der Waals surface area contributed by atoms with Gasteiger partial charge in [-0.25, -0.2) is 0 Å². The van der Waals surface area contributed by atoms with Gasteiger partial charge in [0.2, 0.25) is 0 Å². The Morgan fingerprint density at radius 1 is 1.29 bits per heavy atom. The molecule has 1 aliphatic carbocycles. The van der Waals surface area contributed by atoms with Gasteiger partial charge < -0.3 is 9.47 Å². The Bertz CT molecular complexity index is 638. The van der Waals surface area contributed by atoms with Crippen LogP contribution in [0, 0.1) is 0 Å². The largest absolute Gasteiger partial charge is 0.493 e. The van der Waals surface area contributed by atoms with E-state index in [0.717, 1.165) is 18.4 Å². The molecule has 6 heteroatoms. The van der Waals surface area contributed by atoms with Crippen LogP contribution in [-0.4, -0.2) is 35.4 Å². The second-order valence-corrected chi connectivity index (χ2v) is 6.57. The lowest BCUT2D eigenvalue weighted by molar-refractivity contribution is -0.122. The second kappa shape index (κ2) is 5.69. The summed E-state index contributed by atoms with van der Waals surface area (Å²) >= 11 is 6.66. The first kappa shape index (κ1) is 14.4. The zero-order valence-corrected chi connectivity index (χ0v) is 13.4. The van der Waals surface area contributed by atoms with E-state index in [9.17, 15) is 4.79 Å². The summed E-state index contributed by atoms with van der Waals surface area (Å²) < 4.78 is 11.1. The van der Waals surface area contributed by atoms with E-state index < -0.39 is 0 Å². The van der Waals surface area contributed by atoms with Crippen molar-refractivity contribution in [3.8, 4) is 11.5 Å². The minimum absolute atomic E-state index is 0.0160. The maximum Gasteiger partial charge on any atom is 0.266 e. The molecule has 0 spiro atoms. The third kappa shape index (κ3) is 2.78. The molecule has 0 aromatic heterocycles. The molecule has 3 rings (SSSR count). The number of rotatable bonds is 4. The summed E-state index contributed by atoms with van der Waals surface area (Å²) in [5.41, 5.74) is 0.893. The van der Waals surface area contributed by atoms with Crippen LogP contribution in [-0.2, 0) is 4.79 Å². The van der Waals surface area contributed by atoms with Crippen molar-refractivity contribution in [3.63, 3.8) is 0 Å². The van der Waals surface area contributed by atoms with Gasteiger partial charge in [0.05, 0.1) is 19.1 Å². The van der Waals surface area contributed by atoms with Crippen LogP contribution in [0.3, 0.4) is 0 Å². The molecule has 1 heterocycles. The van der Waals surface area contributed by atoms with Gasteiger partial charge in [0.15, 0.2) is 11.5 Å². The van der Waals surface area contributed by atoms with Crippen LogP contribution < -0.4 is 9.47 Å². The van der Waals surface area contributed by atoms with Crippen molar-refractivity contribution < 1.29 is 14.3 Å². The molecular formula is C15H15NO3S2. The molecule has 21 heavy (non-hydrogen) atoms. The SMILES string of the molecule is COc1ccc(/C=C2/SC(=S)N(C3CC3)C2=O)cc1OC. The van der Waals surface area contributed by atoms with Crippen molar-refractivity contribution in [1.82, 2.24) is 4.90 Å². The highest BCUT2D eigenvalue weighted by molar-refractivity contribution is 8.26. The van der Waals surface area contributed by atoms with Gasteiger partial charge in [-0.15, -0.1) is 0 Å². The van der Waals surface area contributed by atoms with Gasteiger partial charge in [0.25, 0.3) is 5.91 Å². The van der Waals surface area contributed by atoms with Crippen LogP contribution in [0.15, 0.2) is 23.1 Å². The summed E-state index contributed by atoms with van der Waals surface area (Å²) in [6.45, 7) is 0. The Morgan fingerprint density at radius 2 is 2.00 bits per heavy atom. The van der Waals surface area contributed by atoms with E-state index in [1.165, 1.54) is 11.8 Å². The lowest BCUT2D eigenvalue weighted by Gasteiger charge is -2.12. The number of thiocarbonyl (C=S) groups is 1. The maximum atomic E-state index is 12.4. The van der Waals surface area contributed by atoms with Crippen molar-refractivity contribution in [2.24, 2.45) is 0 Å². The Hall–Kier alpha value is -1.53. The molecule has 1 amide bonds. The van der Waals surface area contributed by atoms with Crippen LogP contribution >= 0.6 is 24.0 Å². The summed E-state index contributed by atoms with van der Waals surface area (Å²) in [6, 6.07) is 5.88. The highest BCUT2D eigenvalue weighted by Gasteiger charge is 2.41. The van der Waals surface area contributed by atoms with E-state index in [1.54, 1.807) is 19.1 Å². The van der Waals surface area contributed by atoms with Gasteiger partial charge in [0, 0.05) is 6.04 Å². The molecule has 1 aromatic rings. The minimum atomic E-state index is 0.0160. The first-order valence-corrected chi connectivity index (χ1v) is 7.85. The molecule has 4 nitrogen and oxygen atoms in total. The zero-order valence-electron chi connectivity index (χ0n) is 11.8. The second-order valence-electron chi connectivity index (χ2n) is 4.90. The number of methoxy groups -OCH3 is 2. The third-order valence-corrected chi connectivity index (χ3v) is 4.77. The Balaban J connectivity index is 1.88. The van der Waals surface area contributed by atoms with E-state index in [1.807, 2.05) is 24.3 Å². The summed E-state index contributed by atoms with van der Waals surface area (Å²) in [5, 5.41) is 0. The fraction of sp³-hybridized carbons (Fsp3) is 0.333. The molecule has 2 aliphatic rings. The Labute approximate surface area is 133 Å². The van der Waals surface area contributed by atoms with Gasteiger partial charge in [-0.1, -0.05) is 30.0 Å². The highest BCUT2D eigenvalue weighted by Crippen LogP contribution is 2.40. The smallest absolute Gasteiger partial charge is 0.266 e. The fourth-order valence-electron chi connectivity index (χ4n) is 2.22. The molecule has 1 aliphatic heterocycles. The zero-order chi connectivity index (χ0) is 15.0. The van der Waals surface area contributed by atoms with Gasteiger partial charge in [-0.3, -0.25) is 9.69 Å². The van der Waals surface area contributed by atoms with Crippen LogP contribution in [0.4, 0.5) is 0 Å². The number of hydrogen-bond acceptors (Lipinski definition) is 5. The summed E-state index contributed by atoms with van der Waals surface area (Å²) in [4.78, 5) is 14.8. The highest BCUT2D eigenvalue weighted by atomic mass is 32.2. The van der Waals surface area contributed by atoms with Crippen molar-refractivity contribution in [2.75, 3.05) is 14.2 Å². The fourth-order valence-corrected chi connectivity index (χ4v) is 3.62.